The number of nitrogens with zero attached hydrogens (tertiary/aromatic N) is 6. The van der Waals surface area contributed by atoms with Gasteiger partial charge in [0.1, 0.15) is 75.4 Å². The molecule has 7 heterocycles. The van der Waals surface area contributed by atoms with Crippen molar-refractivity contribution in [3.8, 4) is 91.5 Å². The minimum Gasteiger partial charge on any atom is -0.487 e. The van der Waals surface area contributed by atoms with Crippen molar-refractivity contribution >= 4 is 44.1 Å². The molecule has 0 atom stereocenters. The van der Waals surface area contributed by atoms with Gasteiger partial charge < -0.3 is 85.8 Å². The lowest BCUT2D eigenvalue weighted by atomic mass is 10.1. The Labute approximate surface area is 529 Å². The van der Waals surface area contributed by atoms with Crippen molar-refractivity contribution in [2.45, 2.75) is 0 Å². The fraction of sp³-hybridized carbons (Fsp3) is 0.353. The summed E-state index contributed by atoms with van der Waals surface area (Å²) in [5, 5.41) is 2.74. The van der Waals surface area contributed by atoms with Crippen molar-refractivity contribution in [3.63, 3.8) is 0 Å². The summed E-state index contributed by atoms with van der Waals surface area (Å²) in [7, 11) is 0. The number of aromatic amines is 2. The summed E-state index contributed by atoms with van der Waals surface area (Å²) in [6, 6.07) is 38.3. The molecule has 24 heteroatoms. The van der Waals surface area contributed by atoms with Gasteiger partial charge in [-0.15, -0.1) is 0 Å². The number of hydrogen-bond donors (Lipinski definition) is 2. The fourth-order valence-electron chi connectivity index (χ4n) is 10.5. The second kappa shape index (κ2) is 31.2. The van der Waals surface area contributed by atoms with E-state index < -0.39 is 0 Å². The van der Waals surface area contributed by atoms with E-state index >= 15 is 0 Å². The van der Waals surface area contributed by atoms with Gasteiger partial charge in [0, 0.05) is 43.8 Å². The van der Waals surface area contributed by atoms with Crippen LogP contribution in [0, 0.1) is 0 Å². The van der Waals surface area contributed by atoms with E-state index in [0.717, 1.165) is 22.3 Å². The predicted octanol–water partition coefficient (Wildman–Crippen LogP) is 9.46. The largest absolute Gasteiger partial charge is 0.487 e. The minimum absolute atomic E-state index is 0.205. The normalized spacial score (nSPS) is 16.9. The Morgan fingerprint density at radius 1 is 0.207 bits per heavy atom. The number of rotatable bonds is 0. The summed E-state index contributed by atoms with van der Waals surface area (Å²) < 4.78 is 96.9. The van der Waals surface area contributed by atoms with Crippen LogP contribution in [0.5, 0.6) is 46.0 Å². The van der Waals surface area contributed by atoms with Gasteiger partial charge in [-0.2, -0.15) is 0 Å². The zero-order valence-electron chi connectivity index (χ0n) is 50.7. The highest BCUT2D eigenvalue weighted by Crippen LogP contribution is 2.42. The van der Waals surface area contributed by atoms with Crippen LogP contribution in [0.25, 0.3) is 89.7 Å². The number of H-pyrrole nitrogens is 2. The highest BCUT2D eigenvalue weighted by atomic mass is 16.6. The van der Waals surface area contributed by atoms with Gasteiger partial charge in [-0.1, -0.05) is 72.8 Å². The molecule has 478 valence electrons. The molecule has 92 heavy (non-hydrogen) atoms. The minimum atomic E-state index is 0.205. The molecule has 24 nitrogen and oxygen atoms in total. The Kier molecular flexibility index (Phi) is 20.9. The van der Waals surface area contributed by atoms with Gasteiger partial charge in [0.05, 0.1) is 106 Å². The topological polar surface area (TPSA) is 257 Å². The van der Waals surface area contributed by atoms with Crippen LogP contribution in [0.1, 0.15) is 0 Å². The summed E-state index contributed by atoms with van der Waals surface area (Å²) in [5.74, 6) is 6.04. The van der Waals surface area contributed by atoms with Crippen molar-refractivity contribution in [1.82, 2.24) is 39.9 Å². The predicted molar refractivity (Wildman–Crippen MR) is 339 cm³/mol. The summed E-state index contributed by atoms with van der Waals surface area (Å²) in [5.41, 5.74) is 4.93. The van der Waals surface area contributed by atoms with Gasteiger partial charge in [0.15, 0.2) is 69.3 Å². The average Bonchev–Trinajstić information content (AvgIpc) is 1.63. The smallest absolute Gasteiger partial charge is 0.164 e. The maximum absolute atomic E-state index is 6.49. The van der Waals surface area contributed by atoms with E-state index in [2.05, 4.69) is 9.97 Å². The maximum atomic E-state index is 6.49. The molecule has 9 aromatic rings. The zero-order valence-corrected chi connectivity index (χ0v) is 50.7. The molecule has 0 saturated heterocycles. The molecule has 2 N–H and O–H groups in total. The summed E-state index contributed by atoms with van der Waals surface area (Å²) in [4.78, 5) is 38.5. The summed E-state index contributed by atoms with van der Waals surface area (Å²) in [6.45, 7) is 7.62. The molecule has 0 saturated carbocycles. The van der Waals surface area contributed by atoms with Gasteiger partial charge in [0.25, 0.3) is 0 Å². The van der Waals surface area contributed by atoms with Crippen molar-refractivity contribution in [2.24, 2.45) is 0 Å². The molecular formula is C68H70N8O16. The van der Waals surface area contributed by atoms with Crippen LogP contribution >= 0.6 is 0 Å². The second-order valence-corrected chi connectivity index (χ2v) is 21.0. The lowest BCUT2D eigenvalue weighted by molar-refractivity contribution is 0.0224. The Balaban J connectivity index is 0.836. The standard InChI is InChI=1S/C68H70N8O16/c1-2-10-46-45(9-1)61-69-62(46)72-66-51-43-59-60(92-40-32-84-24-20-80-28-36-88-56-16-8-7-15-55(56)87-35-27-79-19-23-83-31-39-91-59)44-52(51)68(76-66)74-64-48-12-4-3-11-47(48)63(70-64)73-67-50-42-58-57(41-49(50)65(71-61)75-67)89-37-29-81-21-17-77-25-33-85-53-13-5-6-14-54(53)86-34-26-78-18-22-82-30-38-90-58/h1-16,41-44H,17-40H2,(H2,69,70,71,72,73,74,75,76). The summed E-state index contributed by atoms with van der Waals surface area (Å²) in [6.07, 6.45) is 0. The van der Waals surface area contributed by atoms with E-state index in [9.17, 15) is 0 Å². The molecular weight excluding hydrogens is 1180 g/mol. The molecule has 13 rings (SSSR count). The Morgan fingerprint density at radius 3 is 0.609 bits per heavy atom. The van der Waals surface area contributed by atoms with E-state index in [0.29, 0.717) is 219 Å². The molecule has 0 aliphatic carbocycles. The van der Waals surface area contributed by atoms with E-state index in [-0.39, 0.29) is 52.9 Å². The zero-order chi connectivity index (χ0) is 61.9. The third-order valence-corrected chi connectivity index (χ3v) is 14.8. The molecule has 0 fully saturated rings. The first-order valence-corrected chi connectivity index (χ1v) is 30.9. The number of ether oxygens (including phenoxy) is 16. The lowest BCUT2D eigenvalue weighted by Gasteiger charge is -2.15. The SMILES string of the molecule is c1ccc2c(c1)OCCOCCOCCOc1cc3c4nc5nc(nc6[nH]c(nc7nc(nc([nH]4)c3cc1OCCOCCOCCO2)-c1ccccc1-7)c1cc2c(cc61)OCCOCCOCCOc1ccccc1OCCOCCOCCO2)-c1ccccc1-5. The quantitative estimate of drug-likeness (QED) is 0.143. The third-order valence-electron chi connectivity index (χ3n) is 14.8. The van der Waals surface area contributed by atoms with Gasteiger partial charge >= 0.3 is 0 Å². The summed E-state index contributed by atoms with van der Waals surface area (Å²) >= 11 is 0. The Bertz CT molecular complexity index is 3620. The van der Waals surface area contributed by atoms with Crippen LogP contribution in [0.4, 0.5) is 0 Å². The monoisotopic (exact) mass is 1250 g/mol. The molecule has 3 aromatic heterocycles. The lowest BCUT2D eigenvalue weighted by Crippen LogP contribution is -2.15. The second-order valence-electron chi connectivity index (χ2n) is 21.0. The highest BCUT2D eigenvalue weighted by molar-refractivity contribution is 6.08. The molecule has 0 radical (unpaired) electrons. The molecule has 4 aliphatic heterocycles. The molecule has 0 unspecified atom stereocenters. The van der Waals surface area contributed by atoms with Crippen LogP contribution in [0.3, 0.4) is 0 Å². The highest BCUT2D eigenvalue weighted by Gasteiger charge is 2.24. The Hall–Kier alpha value is -9.24. The van der Waals surface area contributed by atoms with Crippen molar-refractivity contribution < 1.29 is 75.8 Å². The Morgan fingerprint density at radius 2 is 0.391 bits per heavy atom. The third kappa shape index (κ3) is 15.4. The van der Waals surface area contributed by atoms with E-state index in [4.69, 9.17) is 106 Å². The van der Waals surface area contributed by atoms with Crippen molar-refractivity contribution in [3.05, 3.63) is 121 Å². The molecule has 0 spiro atoms. The van der Waals surface area contributed by atoms with Crippen LogP contribution in [0.2, 0.25) is 0 Å². The number of benzene rings is 6. The van der Waals surface area contributed by atoms with Crippen LogP contribution in [-0.2, 0) is 37.9 Å². The van der Waals surface area contributed by atoms with E-state index in [1.165, 1.54) is 0 Å². The maximum Gasteiger partial charge on any atom is 0.164 e. The first-order chi connectivity index (χ1) is 45.7. The first kappa shape index (κ1) is 61.6. The average molecular weight is 1260 g/mol. The van der Waals surface area contributed by atoms with E-state index in [1.54, 1.807) is 0 Å². The molecule has 0 amide bonds. The van der Waals surface area contributed by atoms with Crippen LogP contribution in [-0.4, -0.2) is 198 Å². The molecule has 8 bridgehead atoms. The van der Waals surface area contributed by atoms with Gasteiger partial charge in [-0.3, -0.25) is 0 Å². The van der Waals surface area contributed by atoms with Crippen molar-refractivity contribution in [2.75, 3.05) is 159 Å². The number of para-hydroxylation sites is 4. The van der Waals surface area contributed by atoms with Crippen LogP contribution in [0.15, 0.2) is 121 Å². The van der Waals surface area contributed by atoms with Crippen LogP contribution < -0.4 is 37.9 Å². The molecule has 4 aliphatic rings. The van der Waals surface area contributed by atoms with Gasteiger partial charge in [-0.05, 0) is 48.5 Å². The number of hydrogen-bond acceptors (Lipinski definition) is 22. The number of fused-ring (bicyclic) bond motifs is 24. The van der Waals surface area contributed by atoms with E-state index in [1.807, 2.05) is 121 Å². The molecule has 6 aromatic carbocycles. The first-order valence-electron chi connectivity index (χ1n) is 30.9. The number of nitrogens with one attached hydrogen (secondary N) is 2. The number of aromatic nitrogens is 8. The fourth-order valence-corrected chi connectivity index (χ4v) is 10.5. The van der Waals surface area contributed by atoms with Gasteiger partial charge in [-0.25, -0.2) is 29.9 Å². The van der Waals surface area contributed by atoms with Gasteiger partial charge in [0.2, 0.25) is 0 Å². The van der Waals surface area contributed by atoms with Crippen molar-refractivity contribution in [1.29, 1.82) is 0 Å².